The van der Waals surface area contributed by atoms with Gasteiger partial charge in [-0.3, -0.25) is 14.6 Å². The average Bonchev–Trinajstić information content (AvgIpc) is 3.14. The summed E-state index contributed by atoms with van der Waals surface area (Å²) in [5, 5.41) is 3.99. The molecule has 1 aliphatic heterocycles. The number of hydrogen-bond donors (Lipinski definition) is 1. The molecule has 0 bridgehead atoms. The molecule has 6 heteroatoms. The van der Waals surface area contributed by atoms with Crippen molar-refractivity contribution in [1.82, 2.24) is 15.2 Å². The third kappa shape index (κ3) is 4.37. The smallest absolute Gasteiger partial charge is 0.227 e. The molecule has 0 atom stereocenters. The third-order valence-electron chi connectivity index (χ3n) is 6.02. The Morgan fingerprint density at radius 3 is 2.70 bits per heavy atom. The van der Waals surface area contributed by atoms with Crippen molar-refractivity contribution >= 4 is 22.8 Å². The number of nitrogens with zero attached hydrogens (tertiary/aromatic N) is 2. The highest BCUT2D eigenvalue weighted by molar-refractivity contribution is 5.88. The van der Waals surface area contributed by atoms with E-state index in [0.29, 0.717) is 38.9 Å². The van der Waals surface area contributed by atoms with Crippen LogP contribution in [0.4, 0.5) is 0 Å². The van der Waals surface area contributed by atoms with Crippen LogP contribution in [0.25, 0.3) is 11.0 Å². The van der Waals surface area contributed by atoms with Gasteiger partial charge in [-0.25, -0.2) is 0 Å². The van der Waals surface area contributed by atoms with Gasteiger partial charge in [0.2, 0.25) is 11.8 Å². The maximum Gasteiger partial charge on any atom is 0.227 e. The first-order chi connectivity index (χ1) is 14.5. The predicted octanol–water partition coefficient (Wildman–Crippen LogP) is 3.54. The summed E-state index contributed by atoms with van der Waals surface area (Å²) < 4.78 is 5.66. The molecule has 6 nitrogen and oxygen atoms in total. The summed E-state index contributed by atoms with van der Waals surface area (Å²) in [6.45, 7) is 5.82. The van der Waals surface area contributed by atoms with Crippen LogP contribution in [-0.2, 0) is 22.6 Å². The van der Waals surface area contributed by atoms with Gasteiger partial charge in [-0.1, -0.05) is 6.07 Å². The molecule has 1 saturated heterocycles. The van der Waals surface area contributed by atoms with Crippen LogP contribution in [0, 0.1) is 19.8 Å². The zero-order chi connectivity index (χ0) is 21.1. The molecule has 3 aromatic rings. The summed E-state index contributed by atoms with van der Waals surface area (Å²) >= 11 is 0. The van der Waals surface area contributed by atoms with Gasteiger partial charge in [0.05, 0.1) is 12.7 Å². The number of rotatable bonds is 5. The highest BCUT2D eigenvalue weighted by Gasteiger charge is 2.27. The fraction of sp³-hybridized carbons (Fsp3) is 0.375. The molecule has 1 N–H and O–H groups in total. The Bertz CT molecular complexity index is 1050. The van der Waals surface area contributed by atoms with Gasteiger partial charge in [0, 0.05) is 48.9 Å². The van der Waals surface area contributed by atoms with E-state index in [1.165, 1.54) is 11.1 Å². The second-order valence-corrected chi connectivity index (χ2v) is 8.10. The molecule has 2 amide bonds. The van der Waals surface area contributed by atoms with Crippen molar-refractivity contribution in [3.63, 3.8) is 0 Å². The molecule has 1 fully saturated rings. The molecule has 0 saturated carbocycles. The number of furan rings is 1. The zero-order valence-electron chi connectivity index (χ0n) is 17.5. The minimum atomic E-state index is -0.0499. The molecule has 0 unspecified atom stereocenters. The van der Waals surface area contributed by atoms with Gasteiger partial charge in [0.15, 0.2) is 0 Å². The molecule has 30 heavy (non-hydrogen) atoms. The van der Waals surface area contributed by atoms with Crippen molar-refractivity contribution in [3.8, 4) is 0 Å². The number of fused-ring (bicyclic) bond motifs is 1. The molecule has 2 aromatic heterocycles. The summed E-state index contributed by atoms with van der Waals surface area (Å²) in [4.78, 5) is 31.2. The van der Waals surface area contributed by atoms with Gasteiger partial charge in [-0.2, -0.15) is 0 Å². The highest BCUT2D eigenvalue weighted by atomic mass is 16.3. The van der Waals surface area contributed by atoms with Crippen molar-refractivity contribution in [2.24, 2.45) is 5.92 Å². The third-order valence-corrected chi connectivity index (χ3v) is 6.02. The largest absolute Gasteiger partial charge is 0.464 e. The van der Waals surface area contributed by atoms with Crippen LogP contribution in [0.15, 0.2) is 47.3 Å². The molecule has 0 spiro atoms. The van der Waals surface area contributed by atoms with E-state index in [9.17, 15) is 9.59 Å². The summed E-state index contributed by atoms with van der Waals surface area (Å²) in [6, 6.07) is 7.91. The minimum absolute atomic E-state index is 0.0499. The molecular formula is C24H27N3O3. The lowest BCUT2D eigenvalue weighted by Crippen LogP contribution is -2.43. The van der Waals surface area contributed by atoms with Gasteiger partial charge in [0.1, 0.15) is 5.58 Å². The van der Waals surface area contributed by atoms with Crippen LogP contribution in [-0.4, -0.2) is 34.8 Å². The molecular weight excluding hydrogens is 378 g/mol. The van der Waals surface area contributed by atoms with Crippen molar-refractivity contribution in [2.45, 2.75) is 39.7 Å². The van der Waals surface area contributed by atoms with Crippen LogP contribution in [0.2, 0.25) is 0 Å². The van der Waals surface area contributed by atoms with Gasteiger partial charge < -0.3 is 14.6 Å². The Kier molecular flexibility index (Phi) is 5.84. The van der Waals surface area contributed by atoms with Crippen molar-refractivity contribution in [3.05, 3.63) is 65.2 Å². The summed E-state index contributed by atoms with van der Waals surface area (Å²) in [6.07, 6.45) is 6.87. The molecule has 1 aromatic carbocycles. The summed E-state index contributed by atoms with van der Waals surface area (Å²) in [5.74, 6) is 0.0915. The maximum atomic E-state index is 12.8. The minimum Gasteiger partial charge on any atom is -0.464 e. The van der Waals surface area contributed by atoms with Gasteiger partial charge in [0.25, 0.3) is 0 Å². The first-order valence-electron chi connectivity index (χ1n) is 10.4. The predicted molar refractivity (Wildman–Crippen MR) is 115 cm³/mol. The first kappa shape index (κ1) is 20.1. The summed E-state index contributed by atoms with van der Waals surface area (Å²) in [7, 11) is 0. The Balaban J connectivity index is 1.30. The van der Waals surface area contributed by atoms with E-state index < -0.39 is 0 Å². The van der Waals surface area contributed by atoms with Gasteiger partial charge in [-0.15, -0.1) is 0 Å². The van der Waals surface area contributed by atoms with Crippen LogP contribution in [0.1, 0.15) is 35.1 Å². The molecule has 3 heterocycles. The molecule has 0 radical (unpaired) electrons. The van der Waals surface area contributed by atoms with Crippen LogP contribution in [0.5, 0.6) is 0 Å². The topological polar surface area (TPSA) is 75.4 Å². The van der Waals surface area contributed by atoms with E-state index in [4.69, 9.17) is 4.42 Å². The SMILES string of the molecule is Cc1cc2occ(CC(=O)N3CCC(C(=O)NCc4cccnc4)CC3)c2cc1C. The normalized spacial score (nSPS) is 14.8. The lowest BCUT2D eigenvalue weighted by Gasteiger charge is -2.31. The molecule has 4 rings (SSSR count). The van der Waals surface area contributed by atoms with E-state index in [1.54, 1.807) is 18.7 Å². The van der Waals surface area contributed by atoms with Crippen molar-refractivity contribution in [1.29, 1.82) is 0 Å². The van der Waals surface area contributed by atoms with E-state index >= 15 is 0 Å². The van der Waals surface area contributed by atoms with E-state index in [2.05, 4.69) is 30.2 Å². The molecule has 0 aliphatic carbocycles. The number of aromatic nitrogens is 1. The van der Waals surface area contributed by atoms with E-state index in [0.717, 1.165) is 22.1 Å². The first-order valence-corrected chi connectivity index (χ1v) is 10.4. The second kappa shape index (κ2) is 8.69. The monoisotopic (exact) mass is 405 g/mol. The van der Waals surface area contributed by atoms with E-state index in [1.807, 2.05) is 23.1 Å². The standard InChI is InChI=1S/C24H27N3O3/c1-16-10-21-20(15-30-22(21)11-17(16)2)12-23(28)27-8-5-19(6-9-27)24(29)26-14-18-4-3-7-25-13-18/h3-4,7,10-11,13,15,19H,5-6,8-9,12,14H2,1-2H3,(H,26,29). The van der Waals surface area contributed by atoms with Crippen LogP contribution >= 0.6 is 0 Å². The number of nitrogens with one attached hydrogen (secondary N) is 1. The number of aryl methyl sites for hydroxylation is 2. The average molecular weight is 405 g/mol. The number of amides is 2. The lowest BCUT2D eigenvalue weighted by molar-refractivity contribution is -0.135. The number of carbonyl (C=O) groups is 2. The van der Waals surface area contributed by atoms with E-state index in [-0.39, 0.29) is 17.7 Å². The maximum absolute atomic E-state index is 12.8. The fourth-order valence-corrected chi connectivity index (χ4v) is 3.98. The number of benzene rings is 1. The lowest BCUT2D eigenvalue weighted by atomic mass is 9.95. The van der Waals surface area contributed by atoms with Crippen LogP contribution < -0.4 is 5.32 Å². The zero-order valence-corrected chi connectivity index (χ0v) is 17.5. The fourth-order valence-electron chi connectivity index (χ4n) is 3.98. The van der Waals surface area contributed by atoms with Gasteiger partial charge in [-0.05, 0) is 61.6 Å². The number of likely N-dealkylation sites (tertiary alicyclic amines) is 1. The highest BCUT2D eigenvalue weighted by Crippen LogP contribution is 2.26. The summed E-state index contributed by atoms with van der Waals surface area (Å²) in [5.41, 5.74) is 5.10. The Morgan fingerprint density at radius 1 is 1.20 bits per heavy atom. The van der Waals surface area contributed by atoms with Gasteiger partial charge >= 0.3 is 0 Å². The Morgan fingerprint density at radius 2 is 1.97 bits per heavy atom. The Labute approximate surface area is 176 Å². The number of pyridine rings is 1. The van der Waals surface area contributed by atoms with Crippen molar-refractivity contribution < 1.29 is 14.0 Å². The molecule has 156 valence electrons. The second-order valence-electron chi connectivity index (χ2n) is 8.10. The molecule has 1 aliphatic rings. The quantitative estimate of drug-likeness (QED) is 0.704. The number of piperidine rings is 1. The Hall–Kier alpha value is -3.15. The van der Waals surface area contributed by atoms with Crippen molar-refractivity contribution in [2.75, 3.05) is 13.1 Å². The number of hydrogen-bond acceptors (Lipinski definition) is 4. The number of carbonyl (C=O) groups excluding carboxylic acids is 2. The van der Waals surface area contributed by atoms with Crippen LogP contribution in [0.3, 0.4) is 0 Å².